The van der Waals surface area contributed by atoms with E-state index in [9.17, 15) is 24.5 Å². The molecule has 10 heteroatoms. The quantitative estimate of drug-likeness (QED) is 0.545. The minimum absolute atomic E-state index is 0.120. The highest BCUT2D eigenvalue weighted by molar-refractivity contribution is 5.80. The molecule has 1 fully saturated rings. The number of carbonyl (C=O) groups excluding carboxylic acids is 2. The van der Waals surface area contributed by atoms with Gasteiger partial charge in [0, 0.05) is 32.1 Å². The summed E-state index contributed by atoms with van der Waals surface area (Å²) >= 11 is 0. The second-order valence-corrected chi connectivity index (χ2v) is 6.55. The standard InChI is InChI=1S/C18H23N3O7/c1-13(22)20(11-18(24)25)14-5-3-8-19(9-7-14)17(23)12-28-16-6-2-4-15(10-16)21(26)27/h2,4,6,10,14H,3,5,7-9,11-12H2,1H3,(H,24,25). The number of nitro benzene ring substituents is 1. The Kier molecular flexibility index (Phi) is 7.30. The molecule has 28 heavy (non-hydrogen) atoms. The molecule has 10 nitrogen and oxygen atoms in total. The number of amides is 2. The molecule has 1 saturated heterocycles. The summed E-state index contributed by atoms with van der Waals surface area (Å²) in [5, 5.41) is 19.8. The second kappa shape index (κ2) is 9.67. The van der Waals surface area contributed by atoms with E-state index in [0.717, 1.165) is 0 Å². The number of carboxylic acid groups (broad SMARTS) is 1. The molecule has 0 saturated carbocycles. The minimum Gasteiger partial charge on any atom is -0.484 e. The molecular formula is C18H23N3O7. The van der Waals surface area contributed by atoms with Gasteiger partial charge in [0.1, 0.15) is 12.3 Å². The van der Waals surface area contributed by atoms with Crippen LogP contribution in [0.25, 0.3) is 0 Å². The monoisotopic (exact) mass is 393 g/mol. The Labute approximate surface area is 161 Å². The molecule has 2 rings (SSSR count). The van der Waals surface area contributed by atoms with E-state index in [1.807, 2.05) is 0 Å². The number of nitro groups is 1. The van der Waals surface area contributed by atoms with Gasteiger partial charge in [0.25, 0.3) is 11.6 Å². The highest BCUT2D eigenvalue weighted by Crippen LogP contribution is 2.20. The Balaban J connectivity index is 1.91. The number of aliphatic carboxylic acids is 1. The molecule has 0 bridgehead atoms. The first-order valence-electron chi connectivity index (χ1n) is 8.92. The molecular weight excluding hydrogens is 370 g/mol. The fourth-order valence-corrected chi connectivity index (χ4v) is 3.21. The van der Waals surface area contributed by atoms with Crippen molar-refractivity contribution in [3.63, 3.8) is 0 Å². The van der Waals surface area contributed by atoms with Crippen molar-refractivity contribution < 1.29 is 29.2 Å². The van der Waals surface area contributed by atoms with Crippen molar-refractivity contribution in [1.82, 2.24) is 9.80 Å². The van der Waals surface area contributed by atoms with Crippen molar-refractivity contribution >= 4 is 23.5 Å². The summed E-state index contributed by atoms with van der Waals surface area (Å²) in [5.41, 5.74) is -0.120. The maximum absolute atomic E-state index is 12.4. The molecule has 1 N–H and O–H groups in total. The van der Waals surface area contributed by atoms with E-state index in [1.54, 1.807) is 4.90 Å². The third-order valence-electron chi connectivity index (χ3n) is 4.59. The molecule has 2 amide bonds. The lowest BCUT2D eigenvalue weighted by molar-refractivity contribution is -0.384. The van der Waals surface area contributed by atoms with Gasteiger partial charge in [-0.05, 0) is 25.3 Å². The lowest BCUT2D eigenvalue weighted by atomic mass is 10.1. The molecule has 1 heterocycles. The van der Waals surface area contributed by atoms with E-state index >= 15 is 0 Å². The van der Waals surface area contributed by atoms with Crippen molar-refractivity contribution in [3.05, 3.63) is 34.4 Å². The van der Waals surface area contributed by atoms with E-state index in [-0.39, 0.29) is 42.4 Å². The molecule has 0 aromatic heterocycles. The van der Waals surface area contributed by atoms with E-state index in [1.165, 1.54) is 36.1 Å². The first-order valence-corrected chi connectivity index (χ1v) is 8.92. The molecule has 1 aromatic rings. The van der Waals surface area contributed by atoms with Crippen LogP contribution in [0.2, 0.25) is 0 Å². The van der Waals surface area contributed by atoms with Crippen LogP contribution in [0.1, 0.15) is 26.2 Å². The molecule has 0 radical (unpaired) electrons. The topological polar surface area (TPSA) is 130 Å². The van der Waals surface area contributed by atoms with Crippen LogP contribution in [0.4, 0.5) is 5.69 Å². The van der Waals surface area contributed by atoms with Crippen molar-refractivity contribution in [3.8, 4) is 5.75 Å². The highest BCUT2D eigenvalue weighted by atomic mass is 16.6. The van der Waals surface area contributed by atoms with Crippen molar-refractivity contribution in [2.45, 2.75) is 32.2 Å². The van der Waals surface area contributed by atoms with Crippen molar-refractivity contribution in [2.24, 2.45) is 0 Å². The highest BCUT2D eigenvalue weighted by Gasteiger charge is 2.27. The van der Waals surface area contributed by atoms with Crippen LogP contribution >= 0.6 is 0 Å². The Bertz CT molecular complexity index is 752. The third kappa shape index (κ3) is 5.93. The third-order valence-corrected chi connectivity index (χ3v) is 4.59. The Morgan fingerprint density at radius 3 is 2.71 bits per heavy atom. The van der Waals surface area contributed by atoms with E-state index in [4.69, 9.17) is 9.84 Å². The number of non-ortho nitro benzene ring substituents is 1. The average molecular weight is 393 g/mol. The smallest absolute Gasteiger partial charge is 0.323 e. The van der Waals surface area contributed by atoms with Gasteiger partial charge in [-0.1, -0.05) is 6.07 Å². The molecule has 1 unspecified atom stereocenters. The number of carbonyl (C=O) groups is 3. The lowest BCUT2D eigenvalue weighted by Crippen LogP contribution is -2.43. The number of benzene rings is 1. The Morgan fingerprint density at radius 1 is 1.32 bits per heavy atom. The van der Waals surface area contributed by atoms with Crippen LogP contribution in [0.3, 0.4) is 0 Å². The zero-order valence-electron chi connectivity index (χ0n) is 15.6. The summed E-state index contributed by atoms with van der Waals surface area (Å²) in [4.78, 5) is 48.3. The number of nitrogens with zero attached hydrogens (tertiary/aromatic N) is 3. The average Bonchev–Trinajstić information content (AvgIpc) is 2.90. The second-order valence-electron chi connectivity index (χ2n) is 6.55. The van der Waals surface area contributed by atoms with Crippen molar-refractivity contribution in [2.75, 3.05) is 26.2 Å². The molecule has 1 aromatic carbocycles. The van der Waals surface area contributed by atoms with Gasteiger partial charge < -0.3 is 19.6 Å². The Hall–Kier alpha value is -3.17. The zero-order valence-corrected chi connectivity index (χ0v) is 15.6. The molecule has 1 atom stereocenters. The van der Waals surface area contributed by atoms with Gasteiger partial charge in [0.05, 0.1) is 11.0 Å². The maximum Gasteiger partial charge on any atom is 0.323 e. The van der Waals surface area contributed by atoms with Gasteiger partial charge in [-0.3, -0.25) is 24.5 Å². The largest absolute Gasteiger partial charge is 0.484 e. The molecule has 0 aliphatic carbocycles. The number of rotatable bonds is 7. The van der Waals surface area contributed by atoms with Gasteiger partial charge in [-0.25, -0.2) is 0 Å². The fraction of sp³-hybridized carbons (Fsp3) is 0.500. The van der Waals surface area contributed by atoms with Gasteiger partial charge in [-0.15, -0.1) is 0 Å². The van der Waals surface area contributed by atoms with Gasteiger partial charge in [0.15, 0.2) is 6.61 Å². The number of hydrogen-bond acceptors (Lipinski definition) is 6. The van der Waals surface area contributed by atoms with Gasteiger partial charge >= 0.3 is 5.97 Å². The number of likely N-dealkylation sites (tertiary alicyclic amines) is 1. The molecule has 0 spiro atoms. The van der Waals surface area contributed by atoms with Crippen LogP contribution < -0.4 is 4.74 Å². The van der Waals surface area contributed by atoms with Crippen molar-refractivity contribution in [1.29, 1.82) is 0 Å². The van der Waals surface area contributed by atoms with E-state index in [0.29, 0.717) is 32.4 Å². The van der Waals surface area contributed by atoms with Crippen LogP contribution in [0.5, 0.6) is 5.75 Å². The van der Waals surface area contributed by atoms with Crippen LogP contribution in [-0.4, -0.2) is 69.9 Å². The SMILES string of the molecule is CC(=O)N(CC(=O)O)C1CCCN(C(=O)COc2cccc([N+](=O)[O-])c2)CC1. The van der Waals surface area contributed by atoms with E-state index < -0.39 is 10.9 Å². The summed E-state index contributed by atoms with van der Waals surface area (Å²) in [7, 11) is 0. The van der Waals surface area contributed by atoms with Crippen LogP contribution in [-0.2, 0) is 14.4 Å². The first kappa shape index (κ1) is 21.1. The van der Waals surface area contributed by atoms with Gasteiger partial charge in [0.2, 0.25) is 5.91 Å². The predicted molar refractivity (Wildman–Crippen MR) is 97.8 cm³/mol. The predicted octanol–water partition coefficient (Wildman–Crippen LogP) is 1.29. The first-order chi connectivity index (χ1) is 13.3. The van der Waals surface area contributed by atoms with Crippen LogP contribution in [0.15, 0.2) is 24.3 Å². The zero-order chi connectivity index (χ0) is 20.7. The minimum atomic E-state index is -1.07. The van der Waals surface area contributed by atoms with E-state index in [2.05, 4.69) is 0 Å². The number of ether oxygens (including phenoxy) is 1. The molecule has 152 valence electrons. The normalized spacial score (nSPS) is 16.8. The number of hydrogen-bond donors (Lipinski definition) is 1. The molecule has 1 aliphatic heterocycles. The lowest BCUT2D eigenvalue weighted by Gasteiger charge is -2.28. The van der Waals surface area contributed by atoms with Crippen LogP contribution in [0, 0.1) is 10.1 Å². The fourth-order valence-electron chi connectivity index (χ4n) is 3.21. The summed E-state index contributed by atoms with van der Waals surface area (Å²) in [6.07, 6.45) is 1.73. The van der Waals surface area contributed by atoms with Gasteiger partial charge in [-0.2, -0.15) is 0 Å². The summed E-state index contributed by atoms with van der Waals surface area (Å²) in [6.45, 7) is 1.59. The summed E-state index contributed by atoms with van der Waals surface area (Å²) in [6, 6.07) is 5.37. The summed E-state index contributed by atoms with van der Waals surface area (Å²) in [5.74, 6) is -1.40. The summed E-state index contributed by atoms with van der Waals surface area (Å²) < 4.78 is 5.38. The Morgan fingerprint density at radius 2 is 2.07 bits per heavy atom. The maximum atomic E-state index is 12.4. The molecule has 1 aliphatic rings. The number of carboxylic acids is 1.